The van der Waals surface area contributed by atoms with E-state index in [1.54, 1.807) is 13.8 Å². The van der Waals surface area contributed by atoms with Gasteiger partial charge in [0.15, 0.2) is 5.76 Å². The fraction of sp³-hybridized carbons (Fsp3) is 0.211. The van der Waals surface area contributed by atoms with Crippen LogP contribution >= 0.6 is 0 Å². The molecule has 142 valence electrons. The van der Waals surface area contributed by atoms with Gasteiger partial charge in [0, 0.05) is 0 Å². The van der Waals surface area contributed by atoms with Crippen LogP contribution in [0.15, 0.2) is 52.8 Å². The van der Waals surface area contributed by atoms with Crippen LogP contribution in [0.5, 0.6) is 0 Å². The maximum absolute atomic E-state index is 13.1. The summed E-state index contributed by atoms with van der Waals surface area (Å²) in [4.78, 5) is 36.1. The van der Waals surface area contributed by atoms with Gasteiger partial charge in [0.05, 0.1) is 6.26 Å². The van der Waals surface area contributed by atoms with E-state index >= 15 is 0 Å². The molecule has 0 aliphatic rings. The highest BCUT2D eigenvalue weighted by Crippen LogP contribution is 2.10. The molecule has 1 aromatic heterocycles. The molecular formula is C19H19FN2O5. The van der Waals surface area contributed by atoms with Crippen LogP contribution in [-0.4, -0.2) is 28.9 Å². The number of furan rings is 1. The van der Waals surface area contributed by atoms with Gasteiger partial charge in [-0.15, -0.1) is 0 Å². The quantitative estimate of drug-likeness (QED) is 0.645. The Morgan fingerprint density at radius 1 is 1.15 bits per heavy atom. The normalized spacial score (nSPS) is 12.5. The molecule has 0 fully saturated rings. The molecule has 0 aliphatic heterocycles. The molecule has 2 amide bonds. The molecule has 3 N–H and O–H groups in total. The van der Waals surface area contributed by atoms with Crippen molar-refractivity contribution in [3.63, 3.8) is 0 Å². The summed E-state index contributed by atoms with van der Waals surface area (Å²) < 4.78 is 18.1. The van der Waals surface area contributed by atoms with Crippen LogP contribution in [-0.2, 0) is 9.59 Å². The molecule has 0 spiro atoms. The van der Waals surface area contributed by atoms with E-state index in [1.165, 1.54) is 48.7 Å². The number of hydrogen-bond donors (Lipinski definition) is 3. The van der Waals surface area contributed by atoms with Crippen LogP contribution in [0.25, 0.3) is 6.08 Å². The Hall–Kier alpha value is -3.42. The number of carbonyl (C=O) groups is 3. The predicted octanol–water partition coefficient (Wildman–Crippen LogP) is 2.42. The lowest BCUT2D eigenvalue weighted by Gasteiger charge is -2.19. The SMILES string of the molecule is CC(C)C(NC(=O)C(=Cc1ccc(F)cc1)NC(=O)c1ccco1)C(=O)O. The van der Waals surface area contributed by atoms with Gasteiger partial charge >= 0.3 is 5.97 Å². The topological polar surface area (TPSA) is 109 Å². The van der Waals surface area contributed by atoms with Gasteiger partial charge in [-0.2, -0.15) is 0 Å². The van der Waals surface area contributed by atoms with Crippen molar-refractivity contribution in [1.29, 1.82) is 0 Å². The van der Waals surface area contributed by atoms with Crippen molar-refractivity contribution in [1.82, 2.24) is 10.6 Å². The molecule has 1 aromatic carbocycles. The van der Waals surface area contributed by atoms with Crippen LogP contribution in [0.3, 0.4) is 0 Å². The second-order valence-electron chi connectivity index (χ2n) is 6.07. The molecule has 0 saturated carbocycles. The Balaban J connectivity index is 2.30. The van der Waals surface area contributed by atoms with Gasteiger partial charge in [-0.25, -0.2) is 9.18 Å². The first kappa shape index (κ1) is 19.9. The van der Waals surface area contributed by atoms with Crippen molar-refractivity contribution in [3.05, 3.63) is 65.5 Å². The van der Waals surface area contributed by atoms with E-state index in [9.17, 15) is 23.9 Å². The highest BCUT2D eigenvalue weighted by molar-refractivity contribution is 6.05. The molecule has 7 nitrogen and oxygen atoms in total. The number of carboxylic acid groups (broad SMARTS) is 1. The highest BCUT2D eigenvalue weighted by Gasteiger charge is 2.26. The third-order valence-electron chi connectivity index (χ3n) is 3.64. The van der Waals surface area contributed by atoms with Crippen LogP contribution in [0, 0.1) is 11.7 Å². The lowest BCUT2D eigenvalue weighted by atomic mass is 10.0. The fourth-order valence-electron chi connectivity index (χ4n) is 2.21. The van der Waals surface area contributed by atoms with Gasteiger partial charge in [-0.05, 0) is 41.8 Å². The van der Waals surface area contributed by atoms with Crippen molar-refractivity contribution in [2.24, 2.45) is 5.92 Å². The number of carbonyl (C=O) groups excluding carboxylic acids is 2. The molecular weight excluding hydrogens is 355 g/mol. The van der Waals surface area contributed by atoms with E-state index in [-0.39, 0.29) is 17.4 Å². The summed E-state index contributed by atoms with van der Waals surface area (Å²) >= 11 is 0. The molecule has 0 saturated heterocycles. The summed E-state index contributed by atoms with van der Waals surface area (Å²) in [5.74, 6) is -3.52. The molecule has 2 rings (SSSR count). The summed E-state index contributed by atoms with van der Waals surface area (Å²) in [6, 6.07) is 7.01. The number of benzene rings is 1. The average Bonchev–Trinajstić information content (AvgIpc) is 3.14. The monoisotopic (exact) mass is 374 g/mol. The summed E-state index contributed by atoms with van der Waals surface area (Å²) in [5.41, 5.74) is 0.243. The van der Waals surface area contributed by atoms with Crippen LogP contribution in [0.2, 0.25) is 0 Å². The smallest absolute Gasteiger partial charge is 0.326 e. The average molecular weight is 374 g/mol. The molecule has 1 heterocycles. The summed E-state index contributed by atoms with van der Waals surface area (Å²) in [6.45, 7) is 3.29. The largest absolute Gasteiger partial charge is 0.480 e. The molecule has 0 radical (unpaired) electrons. The second kappa shape index (κ2) is 8.79. The van der Waals surface area contributed by atoms with E-state index in [2.05, 4.69) is 10.6 Å². The van der Waals surface area contributed by atoms with Gasteiger partial charge < -0.3 is 20.2 Å². The third kappa shape index (κ3) is 5.53. The lowest BCUT2D eigenvalue weighted by molar-refractivity contribution is -0.142. The number of rotatable bonds is 7. The van der Waals surface area contributed by atoms with Crippen LogP contribution < -0.4 is 10.6 Å². The zero-order chi connectivity index (χ0) is 20.0. The minimum absolute atomic E-state index is 0.0218. The third-order valence-corrected chi connectivity index (χ3v) is 3.64. The predicted molar refractivity (Wildman–Crippen MR) is 95.0 cm³/mol. The summed E-state index contributed by atoms with van der Waals surface area (Å²) in [5, 5.41) is 14.0. The van der Waals surface area contributed by atoms with Gasteiger partial charge in [-0.1, -0.05) is 26.0 Å². The first-order chi connectivity index (χ1) is 12.8. The molecule has 8 heteroatoms. The number of carboxylic acids is 1. The number of hydrogen-bond acceptors (Lipinski definition) is 4. The Morgan fingerprint density at radius 3 is 2.33 bits per heavy atom. The van der Waals surface area contributed by atoms with Gasteiger partial charge in [-0.3, -0.25) is 9.59 Å². The minimum atomic E-state index is -1.20. The molecule has 1 atom stereocenters. The molecule has 0 aliphatic carbocycles. The zero-order valence-electron chi connectivity index (χ0n) is 14.7. The van der Waals surface area contributed by atoms with E-state index in [0.29, 0.717) is 5.56 Å². The minimum Gasteiger partial charge on any atom is -0.480 e. The van der Waals surface area contributed by atoms with Crippen LogP contribution in [0.4, 0.5) is 4.39 Å². The number of amides is 2. The van der Waals surface area contributed by atoms with Crippen molar-refractivity contribution >= 4 is 23.9 Å². The van der Waals surface area contributed by atoms with E-state index in [0.717, 1.165) is 0 Å². The lowest BCUT2D eigenvalue weighted by Crippen LogP contribution is -2.47. The Labute approximate surface area is 154 Å². The van der Waals surface area contributed by atoms with Gasteiger partial charge in [0.2, 0.25) is 0 Å². The molecule has 0 bridgehead atoms. The van der Waals surface area contributed by atoms with E-state index in [4.69, 9.17) is 4.42 Å². The Bertz CT molecular complexity index is 841. The molecule has 2 aromatic rings. The standard InChI is InChI=1S/C19H19FN2O5/c1-11(2)16(19(25)26)22-17(23)14(10-12-5-7-13(20)8-6-12)21-18(24)15-4-3-9-27-15/h3-11,16H,1-2H3,(H,21,24)(H,22,23)(H,25,26). The first-order valence-electron chi connectivity index (χ1n) is 8.13. The highest BCUT2D eigenvalue weighted by atomic mass is 19.1. The van der Waals surface area contributed by atoms with Crippen molar-refractivity contribution in [3.8, 4) is 0 Å². The molecule has 27 heavy (non-hydrogen) atoms. The maximum Gasteiger partial charge on any atom is 0.326 e. The van der Waals surface area contributed by atoms with E-state index in [1.807, 2.05) is 0 Å². The van der Waals surface area contributed by atoms with E-state index < -0.39 is 29.6 Å². The van der Waals surface area contributed by atoms with Crippen molar-refractivity contribution in [2.45, 2.75) is 19.9 Å². The molecule has 1 unspecified atom stereocenters. The van der Waals surface area contributed by atoms with Gasteiger partial charge in [0.1, 0.15) is 17.6 Å². The number of halogens is 1. The van der Waals surface area contributed by atoms with Gasteiger partial charge in [0.25, 0.3) is 11.8 Å². The maximum atomic E-state index is 13.1. The Morgan fingerprint density at radius 2 is 1.81 bits per heavy atom. The first-order valence-corrected chi connectivity index (χ1v) is 8.13. The number of nitrogens with one attached hydrogen (secondary N) is 2. The van der Waals surface area contributed by atoms with Crippen LogP contribution in [0.1, 0.15) is 30.0 Å². The summed E-state index contributed by atoms with van der Waals surface area (Å²) in [6.07, 6.45) is 2.62. The zero-order valence-corrected chi connectivity index (χ0v) is 14.7. The number of aliphatic carboxylic acids is 1. The summed E-state index contributed by atoms with van der Waals surface area (Å²) in [7, 11) is 0. The Kier molecular flexibility index (Phi) is 6.48. The van der Waals surface area contributed by atoms with Crippen molar-refractivity contribution in [2.75, 3.05) is 0 Å². The fourth-order valence-corrected chi connectivity index (χ4v) is 2.21. The second-order valence-corrected chi connectivity index (χ2v) is 6.07. The van der Waals surface area contributed by atoms with Crippen molar-refractivity contribution < 1.29 is 28.3 Å².